The summed E-state index contributed by atoms with van der Waals surface area (Å²) in [5, 5.41) is 11.6. The van der Waals surface area contributed by atoms with E-state index < -0.39 is 0 Å². The molecule has 1 unspecified atom stereocenters. The van der Waals surface area contributed by atoms with Crippen molar-refractivity contribution in [2.45, 2.75) is 27.7 Å². The lowest BCUT2D eigenvalue weighted by atomic mass is 10.1. The van der Waals surface area contributed by atoms with Gasteiger partial charge in [0, 0.05) is 25.1 Å². The number of carbonyl (C=O) groups is 1. The maximum atomic E-state index is 12.4. The Labute approximate surface area is 112 Å². The Hall–Kier alpha value is -1.98. The molecule has 3 N–H and O–H groups in total. The van der Waals surface area contributed by atoms with E-state index in [1.807, 2.05) is 13.8 Å². The van der Waals surface area contributed by atoms with Crippen LogP contribution < -0.4 is 5.73 Å². The van der Waals surface area contributed by atoms with Crippen LogP contribution in [0.3, 0.4) is 0 Å². The minimum atomic E-state index is -0.215. The van der Waals surface area contributed by atoms with E-state index in [1.54, 1.807) is 25.8 Å². The van der Waals surface area contributed by atoms with Crippen molar-refractivity contribution in [1.82, 2.24) is 4.90 Å². The largest absolute Gasteiger partial charge is 0.466 e. The molecule has 19 heavy (non-hydrogen) atoms. The molecule has 6 heteroatoms. The summed E-state index contributed by atoms with van der Waals surface area (Å²) in [5.74, 6) is 1.13. The molecule has 0 aliphatic rings. The number of rotatable bonds is 4. The van der Waals surface area contributed by atoms with Crippen LogP contribution in [-0.4, -0.2) is 35.4 Å². The van der Waals surface area contributed by atoms with Crippen molar-refractivity contribution in [2.24, 2.45) is 16.8 Å². The quantitative estimate of drug-likeness (QED) is 0.375. The van der Waals surface area contributed by atoms with Gasteiger partial charge in [0.25, 0.3) is 5.91 Å². The van der Waals surface area contributed by atoms with Crippen LogP contribution in [0.4, 0.5) is 0 Å². The summed E-state index contributed by atoms with van der Waals surface area (Å²) in [5.41, 5.74) is 6.95. The Balaban J connectivity index is 2.89. The van der Waals surface area contributed by atoms with E-state index in [1.165, 1.54) is 0 Å². The second kappa shape index (κ2) is 5.77. The highest BCUT2D eigenvalue weighted by Gasteiger charge is 2.23. The van der Waals surface area contributed by atoms with E-state index in [0.717, 1.165) is 11.3 Å². The Morgan fingerprint density at radius 3 is 2.42 bits per heavy atom. The average Bonchev–Trinajstić information content (AvgIpc) is 2.61. The summed E-state index contributed by atoms with van der Waals surface area (Å²) in [4.78, 5) is 13.9. The Kier molecular flexibility index (Phi) is 4.58. The number of furan rings is 1. The highest BCUT2D eigenvalue weighted by Crippen LogP contribution is 2.22. The predicted octanol–water partition coefficient (Wildman–Crippen LogP) is 1.66. The van der Waals surface area contributed by atoms with Crippen LogP contribution in [0.25, 0.3) is 0 Å². The second-order valence-electron chi connectivity index (χ2n) is 4.83. The van der Waals surface area contributed by atoms with Gasteiger partial charge in [-0.05, 0) is 20.8 Å². The normalized spacial score (nSPS) is 13.4. The lowest BCUT2D eigenvalue weighted by Gasteiger charge is -2.21. The first-order chi connectivity index (χ1) is 8.79. The number of carbonyl (C=O) groups excluding carboxylic acids is 1. The van der Waals surface area contributed by atoms with Gasteiger partial charge in [-0.1, -0.05) is 12.1 Å². The van der Waals surface area contributed by atoms with Crippen LogP contribution in [0, 0.1) is 26.7 Å². The minimum absolute atomic E-state index is 0.108. The Morgan fingerprint density at radius 1 is 1.42 bits per heavy atom. The number of amidine groups is 1. The number of hydrogen-bond acceptors (Lipinski definition) is 4. The molecule has 1 atom stereocenters. The van der Waals surface area contributed by atoms with Crippen molar-refractivity contribution < 1.29 is 14.4 Å². The molecule has 1 rings (SSSR count). The van der Waals surface area contributed by atoms with E-state index in [2.05, 4.69) is 5.16 Å². The molecular formula is C13H21N3O3. The third-order valence-electron chi connectivity index (χ3n) is 3.29. The zero-order chi connectivity index (χ0) is 14.7. The van der Waals surface area contributed by atoms with Gasteiger partial charge in [0.2, 0.25) is 0 Å². The van der Waals surface area contributed by atoms with Crippen molar-refractivity contribution >= 4 is 11.7 Å². The zero-order valence-electron chi connectivity index (χ0n) is 12.0. The highest BCUT2D eigenvalue weighted by atomic mass is 16.4. The fourth-order valence-corrected chi connectivity index (χ4v) is 1.98. The molecule has 0 aliphatic heterocycles. The number of nitrogens with two attached hydrogens (primary N) is 1. The average molecular weight is 267 g/mol. The molecule has 0 radical (unpaired) electrons. The summed E-state index contributed by atoms with van der Waals surface area (Å²) in [7, 11) is 1.69. The Morgan fingerprint density at radius 2 is 2.00 bits per heavy atom. The third kappa shape index (κ3) is 3.07. The SMILES string of the molecule is Cc1oc(C)c(C(=O)N(C)CC(C)C(N)=NO)c1C. The van der Waals surface area contributed by atoms with Gasteiger partial charge in [0.05, 0.1) is 5.56 Å². The first-order valence-electron chi connectivity index (χ1n) is 6.09. The molecule has 1 amide bonds. The maximum absolute atomic E-state index is 12.4. The monoisotopic (exact) mass is 267 g/mol. The molecule has 6 nitrogen and oxygen atoms in total. The van der Waals surface area contributed by atoms with Gasteiger partial charge < -0.3 is 20.3 Å². The molecule has 0 aromatic carbocycles. The molecule has 0 spiro atoms. The lowest BCUT2D eigenvalue weighted by molar-refractivity contribution is 0.0783. The number of amides is 1. The zero-order valence-corrected chi connectivity index (χ0v) is 12.0. The summed E-state index contributed by atoms with van der Waals surface area (Å²) in [6, 6.07) is 0. The van der Waals surface area contributed by atoms with E-state index >= 15 is 0 Å². The summed E-state index contributed by atoms with van der Waals surface area (Å²) >= 11 is 0. The van der Waals surface area contributed by atoms with Gasteiger partial charge in [-0.15, -0.1) is 0 Å². The van der Waals surface area contributed by atoms with Gasteiger partial charge in [-0.25, -0.2) is 0 Å². The minimum Gasteiger partial charge on any atom is -0.466 e. The van der Waals surface area contributed by atoms with Crippen LogP contribution in [0.1, 0.15) is 34.4 Å². The van der Waals surface area contributed by atoms with E-state index in [0.29, 0.717) is 17.9 Å². The van der Waals surface area contributed by atoms with Crippen LogP contribution in [0.15, 0.2) is 9.57 Å². The lowest BCUT2D eigenvalue weighted by Crippen LogP contribution is -2.36. The molecule has 106 valence electrons. The topological polar surface area (TPSA) is 92.1 Å². The van der Waals surface area contributed by atoms with Crippen LogP contribution >= 0.6 is 0 Å². The molecule has 1 aromatic rings. The van der Waals surface area contributed by atoms with E-state index in [4.69, 9.17) is 15.4 Å². The van der Waals surface area contributed by atoms with Crippen LogP contribution in [0.2, 0.25) is 0 Å². The summed E-state index contributed by atoms with van der Waals surface area (Å²) in [6.07, 6.45) is 0. The van der Waals surface area contributed by atoms with Gasteiger partial charge >= 0.3 is 0 Å². The molecule has 1 heterocycles. The fourth-order valence-electron chi connectivity index (χ4n) is 1.98. The van der Waals surface area contributed by atoms with Crippen LogP contribution in [0.5, 0.6) is 0 Å². The number of nitrogens with zero attached hydrogens (tertiary/aromatic N) is 2. The van der Waals surface area contributed by atoms with Crippen molar-refractivity contribution in [2.75, 3.05) is 13.6 Å². The molecular weight excluding hydrogens is 246 g/mol. The highest BCUT2D eigenvalue weighted by molar-refractivity contribution is 5.97. The van der Waals surface area contributed by atoms with Crippen molar-refractivity contribution in [3.05, 3.63) is 22.6 Å². The summed E-state index contributed by atoms with van der Waals surface area (Å²) < 4.78 is 5.45. The smallest absolute Gasteiger partial charge is 0.257 e. The van der Waals surface area contributed by atoms with Crippen LogP contribution in [-0.2, 0) is 0 Å². The molecule has 0 saturated heterocycles. The molecule has 0 bridgehead atoms. The summed E-state index contributed by atoms with van der Waals surface area (Å²) in [6.45, 7) is 7.63. The van der Waals surface area contributed by atoms with Gasteiger partial charge in [-0.3, -0.25) is 4.79 Å². The van der Waals surface area contributed by atoms with Gasteiger partial charge in [0.15, 0.2) is 0 Å². The maximum Gasteiger partial charge on any atom is 0.257 e. The molecule has 0 fully saturated rings. The number of oxime groups is 1. The standard InChI is InChI=1S/C13H21N3O3/c1-7(12(14)15-18)6-16(5)13(17)11-8(2)9(3)19-10(11)4/h7,18H,6H2,1-5H3,(H2,14,15). The van der Waals surface area contributed by atoms with E-state index in [-0.39, 0.29) is 17.7 Å². The first kappa shape index (κ1) is 15.1. The first-order valence-corrected chi connectivity index (χ1v) is 6.09. The number of hydrogen-bond donors (Lipinski definition) is 2. The van der Waals surface area contributed by atoms with Crippen molar-refractivity contribution in [3.8, 4) is 0 Å². The number of aryl methyl sites for hydroxylation is 2. The molecule has 0 saturated carbocycles. The molecule has 1 aromatic heterocycles. The predicted molar refractivity (Wildman–Crippen MR) is 72.5 cm³/mol. The van der Waals surface area contributed by atoms with Gasteiger partial charge in [0.1, 0.15) is 17.4 Å². The van der Waals surface area contributed by atoms with Crippen molar-refractivity contribution in [1.29, 1.82) is 0 Å². The van der Waals surface area contributed by atoms with E-state index in [9.17, 15) is 4.79 Å². The molecule has 0 aliphatic carbocycles. The second-order valence-corrected chi connectivity index (χ2v) is 4.83. The third-order valence-corrected chi connectivity index (χ3v) is 3.29. The Bertz CT molecular complexity index is 505. The fraction of sp³-hybridized carbons (Fsp3) is 0.538. The van der Waals surface area contributed by atoms with Crippen molar-refractivity contribution in [3.63, 3.8) is 0 Å². The van der Waals surface area contributed by atoms with Gasteiger partial charge in [-0.2, -0.15) is 0 Å².